The van der Waals surface area contributed by atoms with E-state index in [0.717, 1.165) is 0 Å². The summed E-state index contributed by atoms with van der Waals surface area (Å²) >= 11 is 0. The summed E-state index contributed by atoms with van der Waals surface area (Å²) in [7, 11) is 0. The topological polar surface area (TPSA) is 105 Å². The third-order valence-corrected chi connectivity index (χ3v) is 3.98. The van der Waals surface area contributed by atoms with Gasteiger partial charge in [-0.15, -0.1) is 0 Å². The molecule has 0 radical (unpaired) electrons. The normalized spacial score (nSPS) is 10.5. The number of benzene rings is 1. The first kappa shape index (κ1) is 26.1. The van der Waals surface area contributed by atoms with Gasteiger partial charge in [-0.2, -0.15) is 0 Å². The molecule has 0 spiro atoms. The fourth-order valence-electron chi connectivity index (χ4n) is 2.55. The molecule has 0 bridgehead atoms. The molecular formula is C23H32O8. The molecule has 0 atom stereocenters. The Morgan fingerprint density at radius 3 is 1.61 bits per heavy atom. The van der Waals surface area contributed by atoms with E-state index >= 15 is 0 Å². The van der Waals surface area contributed by atoms with Crippen LogP contribution in [0.25, 0.3) is 0 Å². The summed E-state index contributed by atoms with van der Waals surface area (Å²) < 4.78 is 21.4. The highest BCUT2D eigenvalue weighted by Crippen LogP contribution is 2.34. The average Bonchev–Trinajstić information content (AvgIpc) is 2.69. The summed E-state index contributed by atoms with van der Waals surface area (Å²) in [5.74, 6) is -1.85. The summed E-state index contributed by atoms with van der Waals surface area (Å²) in [5, 5.41) is 0. The van der Waals surface area contributed by atoms with Gasteiger partial charge in [0.25, 0.3) is 6.29 Å². The lowest BCUT2D eigenvalue weighted by Gasteiger charge is -2.21. The van der Waals surface area contributed by atoms with E-state index < -0.39 is 30.2 Å². The van der Waals surface area contributed by atoms with Crippen LogP contribution in [-0.4, -0.2) is 23.9 Å². The smallest absolute Gasteiger partial charge is 0.311 e. The zero-order chi connectivity index (χ0) is 23.2. The number of hydrogen-bond acceptors (Lipinski definition) is 8. The van der Waals surface area contributed by atoms with Gasteiger partial charge in [-0.3, -0.25) is 19.2 Å². The summed E-state index contributed by atoms with van der Waals surface area (Å²) in [4.78, 5) is 48.2. The molecule has 0 N–H and O–H groups in total. The van der Waals surface area contributed by atoms with Gasteiger partial charge in [0.1, 0.15) is 11.5 Å². The highest BCUT2D eigenvalue weighted by Gasteiger charge is 2.26. The maximum Gasteiger partial charge on any atom is 0.311 e. The van der Waals surface area contributed by atoms with Crippen LogP contribution in [0.1, 0.15) is 90.9 Å². The van der Waals surface area contributed by atoms with Crippen molar-refractivity contribution >= 4 is 23.9 Å². The lowest BCUT2D eigenvalue weighted by atomic mass is 10.1. The van der Waals surface area contributed by atoms with Crippen LogP contribution in [0, 0.1) is 0 Å². The van der Waals surface area contributed by atoms with E-state index in [0.29, 0.717) is 25.7 Å². The van der Waals surface area contributed by atoms with Crippen molar-refractivity contribution in [2.75, 3.05) is 0 Å². The summed E-state index contributed by atoms with van der Waals surface area (Å²) in [5.41, 5.74) is 0.111. The number of rotatable bonds is 13. The molecule has 31 heavy (non-hydrogen) atoms. The van der Waals surface area contributed by atoms with Crippen molar-refractivity contribution in [2.24, 2.45) is 0 Å². The molecule has 0 unspecified atom stereocenters. The van der Waals surface area contributed by atoms with Crippen molar-refractivity contribution in [3.8, 4) is 11.5 Å². The molecule has 1 aromatic rings. The second-order valence-electron chi connectivity index (χ2n) is 6.96. The minimum Gasteiger partial charge on any atom is -0.427 e. The van der Waals surface area contributed by atoms with Crippen LogP contribution in [0.2, 0.25) is 0 Å². The molecule has 0 fully saturated rings. The zero-order valence-corrected chi connectivity index (χ0v) is 18.7. The number of hydrogen-bond donors (Lipinski definition) is 0. The predicted molar refractivity (Wildman–Crippen MR) is 112 cm³/mol. The number of carbonyl (C=O) groups is 4. The molecule has 0 aliphatic rings. The van der Waals surface area contributed by atoms with E-state index in [1.165, 1.54) is 18.2 Å². The minimum atomic E-state index is -1.44. The quantitative estimate of drug-likeness (QED) is 0.247. The second-order valence-corrected chi connectivity index (χ2v) is 6.96. The molecule has 8 nitrogen and oxygen atoms in total. The summed E-state index contributed by atoms with van der Waals surface area (Å²) in [6, 6.07) is 4.27. The number of carbonyl (C=O) groups excluding carboxylic acids is 4. The first-order valence-corrected chi connectivity index (χ1v) is 10.8. The van der Waals surface area contributed by atoms with Crippen LogP contribution >= 0.6 is 0 Å². The minimum absolute atomic E-state index is 0.0623. The number of ether oxygens (including phenoxy) is 4. The van der Waals surface area contributed by atoms with Crippen molar-refractivity contribution in [3.05, 3.63) is 23.8 Å². The SMILES string of the molecule is CCCC(=O)Oc1ccc(OC(=O)CCC)c(C(OC(=O)CCC)OC(=O)CCC)c1. The van der Waals surface area contributed by atoms with Gasteiger partial charge in [0.05, 0.1) is 5.56 Å². The van der Waals surface area contributed by atoms with Gasteiger partial charge >= 0.3 is 23.9 Å². The standard InChI is InChI=1S/C23H32O8/c1-5-9-19(24)28-16-13-14-18(29-20(25)10-6-2)17(15-16)23(30-21(26)11-7-3)31-22(27)12-8-4/h13-15,23H,5-12H2,1-4H3. The third kappa shape index (κ3) is 9.63. The van der Waals surface area contributed by atoms with Crippen molar-refractivity contribution in [1.82, 2.24) is 0 Å². The van der Waals surface area contributed by atoms with Crippen LogP contribution in [0.15, 0.2) is 18.2 Å². The fourth-order valence-corrected chi connectivity index (χ4v) is 2.55. The second kappa shape index (κ2) is 14.2. The van der Waals surface area contributed by atoms with Gasteiger partial charge in [-0.05, 0) is 43.9 Å². The van der Waals surface area contributed by atoms with E-state index in [-0.39, 0.29) is 42.7 Å². The van der Waals surface area contributed by atoms with Gasteiger partial charge < -0.3 is 18.9 Å². The molecule has 0 aliphatic heterocycles. The van der Waals surface area contributed by atoms with Gasteiger partial charge in [0, 0.05) is 25.7 Å². The summed E-state index contributed by atoms with van der Waals surface area (Å²) in [6.45, 7) is 7.30. The van der Waals surface area contributed by atoms with Crippen LogP contribution in [0.3, 0.4) is 0 Å². The Morgan fingerprint density at radius 1 is 0.677 bits per heavy atom. The van der Waals surface area contributed by atoms with Crippen molar-refractivity contribution in [1.29, 1.82) is 0 Å². The first-order valence-electron chi connectivity index (χ1n) is 10.8. The van der Waals surface area contributed by atoms with Crippen molar-refractivity contribution in [2.45, 2.75) is 85.4 Å². The van der Waals surface area contributed by atoms with E-state index in [2.05, 4.69) is 0 Å². The lowest BCUT2D eigenvalue weighted by molar-refractivity contribution is -0.190. The largest absolute Gasteiger partial charge is 0.427 e. The summed E-state index contributed by atoms with van der Waals surface area (Å²) in [6.07, 6.45) is 1.50. The molecule has 0 amide bonds. The van der Waals surface area contributed by atoms with Gasteiger partial charge in [-0.25, -0.2) is 0 Å². The molecule has 0 aromatic heterocycles. The van der Waals surface area contributed by atoms with Crippen LogP contribution < -0.4 is 9.47 Å². The molecular weight excluding hydrogens is 404 g/mol. The Hall–Kier alpha value is -2.90. The van der Waals surface area contributed by atoms with Crippen LogP contribution in [-0.2, 0) is 28.7 Å². The maximum absolute atomic E-state index is 12.1. The van der Waals surface area contributed by atoms with Crippen LogP contribution in [0.4, 0.5) is 0 Å². The number of esters is 4. The maximum atomic E-state index is 12.1. The monoisotopic (exact) mass is 436 g/mol. The van der Waals surface area contributed by atoms with Gasteiger partial charge in [-0.1, -0.05) is 27.7 Å². The predicted octanol–water partition coefficient (Wildman–Crippen LogP) is 4.78. The molecule has 1 aromatic carbocycles. The highest BCUT2D eigenvalue weighted by atomic mass is 16.7. The van der Waals surface area contributed by atoms with E-state index in [4.69, 9.17) is 18.9 Å². The van der Waals surface area contributed by atoms with E-state index in [1.54, 1.807) is 0 Å². The molecule has 0 saturated heterocycles. The Morgan fingerprint density at radius 2 is 1.13 bits per heavy atom. The van der Waals surface area contributed by atoms with Crippen molar-refractivity contribution in [3.63, 3.8) is 0 Å². The fraction of sp³-hybridized carbons (Fsp3) is 0.565. The Labute approximate surface area is 183 Å². The van der Waals surface area contributed by atoms with Gasteiger partial charge in [0.2, 0.25) is 0 Å². The molecule has 1 rings (SSSR count). The van der Waals surface area contributed by atoms with Crippen molar-refractivity contribution < 1.29 is 38.1 Å². The molecule has 172 valence electrons. The van der Waals surface area contributed by atoms with E-state index in [9.17, 15) is 19.2 Å². The molecule has 8 heteroatoms. The van der Waals surface area contributed by atoms with E-state index in [1.807, 2.05) is 27.7 Å². The Kier molecular flexibility index (Phi) is 11.9. The third-order valence-electron chi connectivity index (χ3n) is 3.98. The molecule has 0 aliphatic carbocycles. The van der Waals surface area contributed by atoms with Crippen LogP contribution in [0.5, 0.6) is 11.5 Å². The first-order chi connectivity index (χ1) is 14.8. The lowest BCUT2D eigenvalue weighted by Crippen LogP contribution is -2.20. The Bertz CT molecular complexity index is 736. The highest BCUT2D eigenvalue weighted by molar-refractivity contribution is 5.75. The molecule has 0 saturated carbocycles. The average molecular weight is 437 g/mol. The molecule has 0 heterocycles. The Balaban J connectivity index is 3.33. The zero-order valence-electron chi connectivity index (χ0n) is 18.7. The van der Waals surface area contributed by atoms with Gasteiger partial charge in [0.15, 0.2) is 0 Å².